The highest BCUT2D eigenvalue weighted by Crippen LogP contribution is 2.40. The van der Waals surface area contributed by atoms with Crippen LogP contribution in [0.5, 0.6) is 0 Å². The van der Waals surface area contributed by atoms with Gasteiger partial charge >= 0.3 is 0 Å². The quantitative estimate of drug-likeness (QED) is 0.906. The van der Waals surface area contributed by atoms with Gasteiger partial charge in [0.25, 0.3) is 0 Å². The van der Waals surface area contributed by atoms with Crippen LogP contribution in [0.25, 0.3) is 0 Å². The second-order valence-corrected chi connectivity index (χ2v) is 7.08. The molecule has 2 aliphatic rings. The minimum Gasteiger partial charge on any atom is -0.326 e. The molecule has 2 fully saturated rings. The average molecular weight is 272 g/mol. The Balaban J connectivity index is 1.79. The van der Waals surface area contributed by atoms with Crippen LogP contribution in [0, 0.1) is 5.92 Å². The summed E-state index contributed by atoms with van der Waals surface area (Å²) in [6.07, 6.45) is 5.15. The fourth-order valence-electron chi connectivity index (χ4n) is 3.61. The molecule has 2 unspecified atom stereocenters. The first-order valence-electron chi connectivity index (χ1n) is 8.24. The van der Waals surface area contributed by atoms with E-state index in [0.29, 0.717) is 12.0 Å². The van der Waals surface area contributed by atoms with E-state index in [1.165, 1.54) is 36.9 Å². The molecule has 0 radical (unpaired) electrons. The Bertz CT molecular complexity index is 433. The van der Waals surface area contributed by atoms with Crippen molar-refractivity contribution in [2.45, 2.75) is 57.5 Å². The summed E-state index contributed by atoms with van der Waals surface area (Å²) in [5, 5.41) is 0. The summed E-state index contributed by atoms with van der Waals surface area (Å²) in [6.45, 7) is 6.95. The zero-order valence-electron chi connectivity index (χ0n) is 12.9. The van der Waals surface area contributed by atoms with Crippen molar-refractivity contribution >= 4 is 0 Å². The van der Waals surface area contributed by atoms with E-state index in [0.717, 1.165) is 18.9 Å². The molecule has 20 heavy (non-hydrogen) atoms. The highest BCUT2D eigenvalue weighted by Gasteiger charge is 2.31. The van der Waals surface area contributed by atoms with Crippen molar-refractivity contribution in [3.05, 3.63) is 35.4 Å². The molecular formula is C18H28N2. The van der Waals surface area contributed by atoms with Crippen molar-refractivity contribution in [1.82, 2.24) is 4.90 Å². The smallest absolute Gasteiger partial charge is 0.0499 e. The largest absolute Gasteiger partial charge is 0.326 e. The van der Waals surface area contributed by atoms with Gasteiger partial charge < -0.3 is 5.73 Å². The standard InChI is InChI=1S/C18H28N2/c1-13(2)12-20-11-3-4-17(19)18(20)16-9-7-15(8-10-16)14-5-6-14/h7-10,13-14,17-18H,3-6,11-12,19H2,1-2H3. The van der Waals surface area contributed by atoms with Crippen molar-refractivity contribution in [2.24, 2.45) is 11.7 Å². The van der Waals surface area contributed by atoms with Crippen molar-refractivity contribution in [3.63, 3.8) is 0 Å². The Morgan fingerprint density at radius 2 is 1.75 bits per heavy atom. The molecule has 1 heterocycles. The van der Waals surface area contributed by atoms with Crippen LogP contribution in [0.3, 0.4) is 0 Å². The molecule has 2 N–H and O–H groups in total. The van der Waals surface area contributed by atoms with E-state index in [1.54, 1.807) is 0 Å². The predicted molar refractivity (Wildman–Crippen MR) is 84.8 cm³/mol. The maximum atomic E-state index is 6.45. The highest BCUT2D eigenvalue weighted by molar-refractivity contribution is 5.30. The predicted octanol–water partition coefficient (Wildman–Crippen LogP) is 3.68. The molecule has 2 heteroatoms. The van der Waals surface area contributed by atoms with E-state index < -0.39 is 0 Å². The third-order valence-electron chi connectivity index (χ3n) is 4.71. The molecule has 3 rings (SSSR count). The Hall–Kier alpha value is -0.860. The maximum absolute atomic E-state index is 6.45. The van der Waals surface area contributed by atoms with Crippen LogP contribution in [0.2, 0.25) is 0 Å². The van der Waals surface area contributed by atoms with E-state index >= 15 is 0 Å². The topological polar surface area (TPSA) is 29.3 Å². The first kappa shape index (κ1) is 14.1. The SMILES string of the molecule is CC(C)CN1CCCC(N)C1c1ccc(C2CC2)cc1. The number of hydrogen-bond donors (Lipinski definition) is 1. The second kappa shape index (κ2) is 5.87. The van der Waals surface area contributed by atoms with Gasteiger partial charge in [-0.25, -0.2) is 0 Å². The zero-order chi connectivity index (χ0) is 14.1. The number of likely N-dealkylation sites (tertiary alicyclic amines) is 1. The number of nitrogens with zero attached hydrogens (tertiary/aromatic N) is 1. The summed E-state index contributed by atoms with van der Waals surface area (Å²) in [5.74, 6) is 1.55. The van der Waals surface area contributed by atoms with Gasteiger partial charge in [0, 0.05) is 18.6 Å². The fraction of sp³-hybridized carbons (Fsp3) is 0.667. The molecular weight excluding hydrogens is 244 g/mol. The van der Waals surface area contributed by atoms with Crippen LogP contribution in [0.15, 0.2) is 24.3 Å². The molecule has 0 amide bonds. The Morgan fingerprint density at radius 1 is 1.10 bits per heavy atom. The molecule has 1 aliphatic carbocycles. The van der Waals surface area contributed by atoms with Gasteiger partial charge in [-0.2, -0.15) is 0 Å². The third-order valence-corrected chi connectivity index (χ3v) is 4.71. The lowest BCUT2D eigenvalue weighted by Crippen LogP contribution is -2.47. The number of hydrogen-bond acceptors (Lipinski definition) is 2. The molecule has 1 saturated carbocycles. The van der Waals surface area contributed by atoms with E-state index in [1.807, 2.05) is 0 Å². The van der Waals surface area contributed by atoms with E-state index in [-0.39, 0.29) is 6.04 Å². The van der Waals surface area contributed by atoms with Crippen molar-refractivity contribution in [3.8, 4) is 0 Å². The lowest BCUT2D eigenvalue weighted by atomic mass is 9.89. The number of nitrogens with two attached hydrogens (primary N) is 1. The van der Waals surface area contributed by atoms with Gasteiger partial charge in [-0.1, -0.05) is 38.1 Å². The lowest BCUT2D eigenvalue weighted by Gasteiger charge is -2.41. The third kappa shape index (κ3) is 3.07. The van der Waals surface area contributed by atoms with Gasteiger partial charge in [0.05, 0.1) is 0 Å². The highest BCUT2D eigenvalue weighted by atomic mass is 15.2. The summed E-state index contributed by atoms with van der Waals surface area (Å²) in [5.41, 5.74) is 9.39. The van der Waals surface area contributed by atoms with Crippen molar-refractivity contribution in [2.75, 3.05) is 13.1 Å². The molecule has 1 aromatic rings. The summed E-state index contributed by atoms with van der Waals surface area (Å²) in [7, 11) is 0. The van der Waals surface area contributed by atoms with E-state index in [4.69, 9.17) is 5.73 Å². The summed E-state index contributed by atoms with van der Waals surface area (Å²) < 4.78 is 0. The molecule has 1 aliphatic heterocycles. The summed E-state index contributed by atoms with van der Waals surface area (Å²) in [4.78, 5) is 2.60. The van der Waals surface area contributed by atoms with E-state index in [9.17, 15) is 0 Å². The van der Waals surface area contributed by atoms with Crippen LogP contribution in [0.4, 0.5) is 0 Å². The molecule has 1 aromatic carbocycles. The summed E-state index contributed by atoms with van der Waals surface area (Å²) in [6, 6.07) is 10.0. The van der Waals surface area contributed by atoms with Crippen LogP contribution < -0.4 is 5.73 Å². The maximum Gasteiger partial charge on any atom is 0.0499 e. The first-order valence-corrected chi connectivity index (χ1v) is 8.24. The fourth-order valence-corrected chi connectivity index (χ4v) is 3.61. The number of piperidine rings is 1. The number of benzene rings is 1. The monoisotopic (exact) mass is 272 g/mol. The Morgan fingerprint density at radius 3 is 2.35 bits per heavy atom. The first-order chi connectivity index (χ1) is 9.65. The molecule has 2 atom stereocenters. The van der Waals surface area contributed by atoms with Crippen molar-refractivity contribution in [1.29, 1.82) is 0 Å². The van der Waals surface area contributed by atoms with Gasteiger partial charge in [0.15, 0.2) is 0 Å². The molecule has 2 nitrogen and oxygen atoms in total. The van der Waals surface area contributed by atoms with E-state index in [2.05, 4.69) is 43.0 Å². The Kier molecular flexibility index (Phi) is 4.13. The minimum atomic E-state index is 0.286. The summed E-state index contributed by atoms with van der Waals surface area (Å²) >= 11 is 0. The van der Waals surface area contributed by atoms with Crippen LogP contribution in [-0.4, -0.2) is 24.0 Å². The molecule has 110 valence electrons. The molecule has 0 aromatic heterocycles. The van der Waals surface area contributed by atoms with Gasteiger partial charge in [-0.05, 0) is 55.2 Å². The van der Waals surface area contributed by atoms with Crippen LogP contribution >= 0.6 is 0 Å². The van der Waals surface area contributed by atoms with Crippen LogP contribution in [0.1, 0.15) is 62.6 Å². The van der Waals surface area contributed by atoms with Gasteiger partial charge in [-0.15, -0.1) is 0 Å². The minimum absolute atomic E-state index is 0.286. The van der Waals surface area contributed by atoms with Crippen molar-refractivity contribution < 1.29 is 0 Å². The normalized spacial score (nSPS) is 28.0. The number of rotatable bonds is 4. The van der Waals surface area contributed by atoms with Gasteiger partial charge in [0.2, 0.25) is 0 Å². The van der Waals surface area contributed by atoms with Gasteiger partial charge in [0.1, 0.15) is 0 Å². The van der Waals surface area contributed by atoms with Gasteiger partial charge in [-0.3, -0.25) is 4.90 Å². The lowest BCUT2D eigenvalue weighted by molar-refractivity contribution is 0.114. The Labute approximate surface area is 123 Å². The van der Waals surface area contributed by atoms with Crippen LogP contribution in [-0.2, 0) is 0 Å². The second-order valence-electron chi connectivity index (χ2n) is 7.08. The zero-order valence-corrected chi connectivity index (χ0v) is 12.9. The molecule has 0 spiro atoms. The molecule has 0 bridgehead atoms. The molecule has 1 saturated heterocycles. The average Bonchev–Trinajstić information content (AvgIpc) is 3.23.